The first-order chi connectivity index (χ1) is 11.9. The summed E-state index contributed by atoms with van der Waals surface area (Å²) in [6.45, 7) is 5.40. The molecule has 2 aromatic rings. The maximum absolute atomic E-state index is 12.9. The lowest BCUT2D eigenvalue weighted by Gasteiger charge is -2.25. The molecule has 1 aromatic carbocycles. The minimum Gasteiger partial charge on any atom is -0.345 e. The van der Waals surface area contributed by atoms with Crippen LogP contribution in [0.3, 0.4) is 0 Å². The number of hydrogen-bond donors (Lipinski definition) is 1. The molecule has 0 spiro atoms. The predicted octanol–water partition coefficient (Wildman–Crippen LogP) is 2.28. The van der Waals surface area contributed by atoms with Crippen LogP contribution in [0.25, 0.3) is 0 Å². The van der Waals surface area contributed by atoms with Gasteiger partial charge in [0.2, 0.25) is 5.91 Å². The van der Waals surface area contributed by atoms with Gasteiger partial charge < -0.3 is 10.2 Å². The van der Waals surface area contributed by atoms with Gasteiger partial charge in [-0.05, 0) is 17.5 Å². The van der Waals surface area contributed by atoms with Gasteiger partial charge in [-0.1, -0.05) is 32.0 Å². The van der Waals surface area contributed by atoms with Crippen LogP contribution in [-0.2, 0) is 18.4 Å². The Labute approximate surface area is 147 Å². The number of hydrogen-bond acceptors (Lipinski definition) is 3. The molecule has 1 N–H and O–H groups in total. The van der Waals surface area contributed by atoms with E-state index in [4.69, 9.17) is 0 Å². The van der Waals surface area contributed by atoms with Crippen molar-refractivity contribution in [1.29, 1.82) is 0 Å². The molecule has 2 heterocycles. The van der Waals surface area contributed by atoms with Crippen LogP contribution in [0.15, 0.2) is 36.7 Å². The minimum absolute atomic E-state index is 0.0413. The Hall–Kier alpha value is -2.63. The van der Waals surface area contributed by atoms with E-state index < -0.39 is 0 Å². The van der Waals surface area contributed by atoms with Crippen molar-refractivity contribution in [2.24, 2.45) is 13.0 Å². The zero-order valence-corrected chi connectivity index (χ0v) is 14.9. The Morgan fingerprint density at radius 3 is 2.80 bits per heavy atom. The number of aryl methyl sites for hydroxylation is 1. The summed E-state index contributed by atoms with van der Waals surface area (Å²) >= 11 is 0. The summed E-state index contributed by atoms with van der Waals surface area (Å²) in [7, 11) is 1.86. The number of aromatic nitrogens is 2. The van der Waals surface area contributed by atoms with E-state index in [1.807, 2.05) is 36.3 Å². The topological polar surface area (TPSA) is 67.2 Å². The number of nitrogens with one attached hydrogen (secondary N) is 1. The maximum Gasteiger partial charge on any atom is 0.252 e. The smallest absolute Gasteiger partial charge is 0.252 e. The van der Waals surface area contributed by atoms with E-state index >= 15 is 0 Å². The van der Waals surface area contributed by atoms with Crippen LogP contribution in [0.1, 0.15) is 47.8 Å². The molecule has 2 amide bonds. The van der Waals surface area contributed by atoms with Gasteiger partial charge in [0.05, 0.1) is 18.7 Å². The molecule has 6 nitrogen and oxygen atoms in total. The van der Waals surface area contributed by atoms with E-state index in [0.717, 1.165) is 11.1 Å². The van der Waals surface area contributed by atoms with Gasteiger partial charge in [0, 0.05) is 37.5 Å². The molecule has 0 saturated carbocycles. The van der Waals surface area contributed by atoms with Gasteiger partial charge in [0.1, 0.15) is 0 Å². The molecular weight excluding hydrogens is 316 g/mol. The molecule has 1 aliphatic rings. The number of benzene rings is 1. The van der Waals surface area contributed by atoms with E-state index in [0.29, 0.717) is 24.6 Å². The van der Waals surface area contributed by atoms with Gasteiger partial charge in [-0.3, -0.25) is 14.3 Å². The Bertz CT molecular complexity index is 781. The number of nitrogens with zero attached hydrogens (tertiary/aromatic N) is 3. The summed E-state index contributed by atoms with van der Waals surface area (Å²) in [5.41, 5.74) is 2.59. The molecule has 1 atom stereocenters. The third-order valence-electron chi connectivity index (χ3n) is 4.33. The number of amides is 2. The SMILES string of the molecule is CC(C)CN(Cc1cnn(C)c1)C(=O)C[C@@H]1NC(=O)c2ccccc21. The van der Waals surface area contributed by atoms with Crippen LogP contribution in [0, 0.1) is 5.92 Å². The first-order valence-corrected chi connectivity index (χ1v) is 8.59. The Kier molecular flexibility index (Phi) is 4.88. The molecule has 6 heteroatoms. The molecule has 1 aromatic heterocycles. The van der Waals surface area contributed by atoms with E-state index in [9.17, 15) is 9.59 Å². The fourth-order valence-corrected chi connectivity index (χ4v) is 3.26. The largest absolute Gasteiger partial charge is 0.345 e. The number of carbonyl (C=O) groups excluding carboxylic acids is 2. The molecule has 0 saturated heterocycles. The molecule has 132 valence electrons. The molecule has 0 radical (unpaired) electrons. The Balaban J connectivity index is 1.73. The van der Waals surface area contributed by atoms with Gasteiger partial charge in [-0.2, -0.15) is 5.10 Å². The first kappa shape index (κ1) is 17.2. The van der Waals surface area contributed by atoms with Crippen LogP contribution < -0.4 is 5.32 Å². The summed E-state index contributed by atoms with van der Waals surface area (Å²) in [6, 6.07) is 7.21. The normalized spacial score (nSPS) is 16.0. The molecule has 0 fully saturated rings. The lowest BCUT2D eigenvalue weighted by atomic mass is 10.0. The zero-order chi connectivity index (χ0) is 18.0. The number of rotatable bonds is 6. The average molecular weight is 340 g/mol. The minimum atomic E-state index is -0.250. The van der Waals surface area contributed by atoms with Crippen molar-refractivity contribution in [3.8, 4) is 0 Å². The predicted molar refractivity (Wildman–Crippen MR) is 94.7 cm³/mol. The van der Waals surface area contributed by atoms with Crippen LogP contribution in [0.2, 0.25) is 0 Å². The molecule has 0 bridgehead atoms. The highest BCUT2D eigenvalue weighted by atomic mass is 16.2. The highest BCUT2D eigenvalue weighted by molar-refractivity contribution is 5.99. The molecule has 0 aliphatic carbocycles. The van der Waals surface area contributed by atoms with Gasteiger partial charge in [0.15, 0.2) is 0 Å². The summed E-state index contributed by atoms with van der Waals surface area (Å²) in [5, 5.41) is 7.10. The monoisotopic (exact) mass is 340 g/mol. The van der Waals surface area contributed by atoms with Crippen molar-refractivity contribution in [3.05, 3.63) is 53.3 Å². The van der Waals surface area contributed by atoms with Crippen molar-refractivity contribution < 1.29 is 9.59 Å². The van der Waals surface area contributed by atoms with Crippen molar-refractivity contribution in [2.45, 2.75) is 32.9 Å². The molecule has 0 unspecified atom stereocenters. The maximum atomic E-state index is 12.9. The van der Waals surface area contributed by atoms with Crippen LogP contribution >= 0.6 is 0 Å². The van der Waals surface area contributed by atoms with Gasteiger partial charge in [-0.15, -0.1) is 0 Å². The van der Waals surface area contributed by atoms with Gasteiger partial charge >= 0.3 is 0 Å². The Morgan fingerprint density at radius 2 is 2.12 bits per heavy atom. The van der Waals surface area contributed by atoms with Crippen molar-refractivity contribution in [2.75, 3.05) is 6.54 Å². The summed E-state index contributed by atoms with van der Waals surface area (Å²) in [6.07, 6.45) is 3.98. The van der Waals surface area contributed by atoms with Crippen LogP contribution in [0.5, 0.6) is 0 Å². The van der Waals surface area contributed by atoms with E-state index in [2.05, 4.69) is 24.3 Å². The standard InChI is InChI=1S/C19H24N4O2/c1-13(2)10-23(12-14-9-20-22(3)11-14)18(24)8-17-15-6-4-5-7-16(15)19(25)21-17/h4-7,9,11,13,17H,8,10,12H2,1-3H3,(H,21,25)/t17-/m0/s1. The van der Waals surface area contributed by atoms with Crippen molar-refractivity contribution in [1.82, 2.24) is 20.0 Å². The highest BCUT2D eigenvalue weighted by Crippen LogP contribution is 2.28. The molecule has 1 aliphatic heterocycles. The lowest BCUT2D eigenvalue weighted by Crippen LogP contribution is -2.36. The van der Waals surface area contributed by atoms with Crippen molar-refractivity contribution >= 4 is 11.8 Å². The fraction of sp³-hybridized carbons (Fsp3) is 0.421. The number of fused-ring (bicyclic) bond motifs is 1. The average Bonchev–Trinajstić information content (AvgIpc) is 3.11. The Morgan fingerprint density at radius 1 is 1.36 bits per heavy atom. The highest BCUT2D eigenvalue weighted by Gasteiger charge is 2.31. The second kappa shape index (κ2) is 7.09. The van der Waals surface area contributed by atoms with Gasteiger partial charge in [0.25, 0.3) is 5.91 Å². The van der Waals surface area contributed by atoms with Crippen molar-refractivity contribution in [3.63, 3.8) is 0 Å². The van der Waals surface area contributed by atoms with Crippen LogP contribution in [-0.4, -0.2) is 33.0 Å². The first-order valence-electron chi connectivity index (χ1n) is 8.59. The third kappa shape index (κ3) is 3.90. The summed E-state index contributed by atoms with van der Waals surface area (Å²) in [5.74, 6) is 0.307. The molecule has 25 heavy (non-hydrogen) atoms. The fourth-order valence-electron chi connectivity index (χ4n) is 3.26. The zero-order valence-electron chi connectivity index (χ0n) is 14.9. The van der Waals surface area contributed by atoms with E-state index in [-0.39, 0.29) is 24.3 Å². The third-order valence-corrected chi connectivity index (χ3v) is 4.33. The molecular formula is C19H24N4O2. The van der Waals surface area contributed by atoms with E-state index in [1.54, 1.807) is 16.9 Å². The summed E-state index contributed by atoms with van der Waals surface area (Å²) < 4.78 is 1.74. The summed E-state index contributed by atoms with van der Waals surface area (Å²) in [4.78, 5) is 26.8. The second-order valence-corrected chi connectivity index (χ2v) is 7.01. The quantitative estimate of drug-likeness (QED) is 0.877. The van der Waals surface area contributed by atoms with E-state index in [1.165, 1.54) is 0 Å². The molecule has 3 rings (SSSR count). The lowest BCUT2D eigenvalue weighted by molar-refractivity contribution is -0.132. The van der Waals surface area contributed by atoms with Crippen LogP contribution in [0.4, 0.5) is 0 Å². The van der Waals surface area contributed by atoms with Gasteiger partial charge in [-0.25, -0.2) is 0 Å². The number of carbonyl (C=O) groups is 2. The second-order valence-electron chi connectivity index (χ2n) is 7.01.